The summed E-state index contributed by atoms with van der Waals surface area (Å²) in [5.74, 6) is 5.23. The number of anilines is 2. The number of aliphatic hydroxyl groups is 1. The molecule has 17 heavy (non-hydrogen) atoms. The Labute approximate surface area is 97.7 Å². The molecule has 92 valence electrons. The molecule has 0 aromatic heterocycles. The van der Waals surface area contributed by atoms with E-state index < -0.39 is 4.92 Å². The molecule has 7 heteroatoms. The first-order valence-electron chi connectivity index (χ1n) is 5.30. The molecule has 0 aliphatic heterocycles. The van der Waals surface area contributed by atoms with E-state index in [4.69, 9.17) is 10.9 Å². The molecule has 2 rings (SSSR count). The van der Waals surface area contributed by atoms with Crippen molar-refractivity contribution in [3.63, 3.8) is 0 Å². The molecular weight excluding hydrogens is 224 g/mol. The summed E-state index contributed by atoms with van der Waals surface area (Å²) in [5.41, 5.74) is 2.91. The van der Waals surface area contributed by atoms with Gasteiger partial charge in [0.1, 0.15) is 11.4 Å². The number of benzene rings is 1. The van der Waals surface area contributed by atoms with Crippen molar-refractivity contribution in [2.24, 2.45) is 5.84 Å². The predicted octanol–water partition coefficient (Wildman–Crippen LogP) is 0.816. The van der Waals surface area contributed by atoms with Crippen molar-refractivity contribution in [2.75, 3.05) is 10.7 Å². The zero-order chi connectivity index (χ0) is 12.4. The van der Waals surface area contributed by atoms with Crippen LogP contribution in [-0.2, 0) is 0 Å². The van der Waals surface area contributed by atoms with E-state index in [0.29, 0.717) is 18.5 Å². The highest BCUT2D eigenvalue weighted by Crippen LogP contribution is 2.34. The van der Waals surface area contributed by atoms with Gasteiger partial charge in [0.25, 0.3) is 0 Å². The maximum Gasteiger partial charge on any atom is 0.316 e. The highest BCUT2D eigenvalue weighted by Gasteiger charge is 2.29. The van der Waals surface area contributed by atoms with Crippen LogP contribution >= 0.6 is 0 Å². The van der Waals surface area contributed by atoms with Crippen molar-refractivity contribution in [1.82, 2.24) is 0 Å². The molecule has 0 saturated heterocycles. The third kappa shape index (κ3) is 2.29. The summed E-state index contributed by atoms with van der Waals surface area (Å²) >= 11 is 0. The highest BCUT2D eigenvalue weighted by atomic mass is 16.6. The van der Waals surface area contributed by atoms with Crippen molar-refractivity contribution < 1.29 is 10.0 Å². The van der Waals surface area contributed by atoms with Crippen LogP contribution in [0.1, 0.15) is 12.8 Å². The Balaban J connectivity index is 2.23. The summed E-state index contributed by atoms with van der Waals surface area (Å²) in [6.45, 7) is 0. The molecule has 0 atom stereocenters. The summed E-state index contributed by atoms with van der Waals surface area (Å²) in [7, 11) is 0. The van der Waals surface area contributed by atoms with Gasteiger partial charge in [-0.3, -0.25) is 16.0 Å². The number of nitrogens with two attached hydrogens (primary N) is 1. The van der Waals surface area contributed by atoms with Crippen molar-refractivity contribution in [2.45, 2.75) is 25.0 Å². The van der Waals surface area contributed by atoms with E-state index in [1.54, 1.807) is 18.2 Å². The average Bonchev–Trinajstić information content (AvgIpc) is 2.26. The Morgan fingerprint density at radius 1 is 1.41 bits per heavy atom. The van der Waals surface area contributed by atoms with Crippen LogP contribution in [0.2, 0.25) is 0 Å². The van der Waals surface area contributed by atoms with E-state index in [1.807, 2.05) is 0 Å². The average molecular weight is 238 g/mol. The predicted molar refractivity (Wildman–Crippen MR) is 63.6 cm³/mol. The Kier molecular flexibility index (Phi) is 3.12. The summed E-state index contributed by atoms with van der Waals surface area (Å²) in [6.07, 6.45) is 0.914. The van der Waals surface area contributed by atoms with Crippen LogP contribution in [-0.4, -0.2) is 22.2 Å². The standard InChI is InChI=1S/C10H14N4O3/c11-13-9-3-1-2-8(10(9)14(16)17)12-6-4-7(15)5-6/h1-3,6-7,12-13,15H,4-5,11H2. The number of hydrogen-bond acceptors (Lipinski definition) is 6. The van der Waals surface area contributed by atoms with Crippen LogP contribution in [0, 0.1) is 10.1 Å². The van der Waals surface area contributed by atoms with Crippen molar-refractivity contribution in [3.05, 3.63) is 28.3 Å². The third-order valence-electron chi connectivity index (χ3n) is 2.85. The second kappa shape index (κ2) is 4.56. The van der Waals surface area contributed by atoms with E-state index >= 15 is 0 Å². The maximum atomic E-state index is 11.0. The van der Waals surface area contributed by atoms with Crippen LogP contribution in [0.25, 0.3) is 0 Å². The largest absolute Gasteiger partial charge is 0.393 e. The van der Waals surface area contributed by atoms with Gasteiger partial charge in [0.15, 0.2) is 0 Å². The molecule has 0 bridgehead atoms. The molecule has 5 N–H and O–H groups in total. The molecule has 1 aromatic rings. The first-order valence-corrected chi connectivity index (χ1v) is 5.30. The summed E-state index contributed by atoms with van der Waals surface area (Å²) < 4.78 is 0. The molecule has 7 nitrogen and oxygen atoms in total. The van der Waals surface area contributed by atoms with Gasteiger partial charge in [0.05, 0.1) is 11.0 Å². The number of nitrogen functional groups attached to an aromatic ring is 1. The van der Waals surface area contributed by atoms with Crippen LogP contribution < -0.4 is 16.6 Å². The van der Waals surface area contributed by atoms with Gasteiger partial charge in [-0.15, -0.1) is 0 Å². The molecule has 0 amide bonds. The number of rotatable bonds is 4. The van der Waals surface area contributed by atoms with Crippen molar-refractivity contribution in [3.8, 4) is 0 Å². The molecule has 1 aliphatic carbocycles. The number of hydrogen-bond donors (Lipinski definition) is 4. The minimum Gasteiger partial charge on any atom is -0.393 e. The summed E-state index contributed by atoms with van der Waals surface area (Å²) in [5, 5.41) is 23.2. The molecule has 1 fully saturated rings. The number of nitrogens with zero attached hydrogens (tertiary/aromatic N) is 1. The lowest BCUT2D eigenvalue weighted by Gasteiger charge is -2.32. The first kappa shape index (κ1) is 11.6. The van der Waals surface area contributed by atoms with Crippen LogP contribution in [0.3, 0.4) is 0 Å². The monoisotopic (exact) mass is 238 g/mol. The zero-order valence-corrected chi connectivity index (χ0v) is 9.09. The SMILES string of the molecule is NNc1cccc(NC2CC(O)C2)c1[N+](=O)[O-]. The molecule has 1 saturated carbocycles. The van der Waals surface area contributed by atoms with Gasteiger partial charge >= 0.3 is 5.69 Å². The lowest BCUT2D eigenvalue weighted by atomic mass is 9.89. The molecular formula is C10H14N4O3. The van der Waals surface area contributed by atoms with Gasteiger partial charge in [-0.2, -0.15) is 0 Å². The second-order valence-corrected chi connectivity index (χ2v) is 4.07. The van der Waals surface area contributed by atoms with Gasteiger partial charge in [0, 0.05) is 6.04 Å². The third-order valence-corrected chi connectivity index (χ3v) is 2.85. The molecule has 0 radical (unpaired) electrons. The molecule has 0 heterocycles. The van der Waals surface area contributed by atoms with Gasteiger partial charge in [-0.05, 0) is 25.0 Å². The first-order chi connectivity index (χ1) is 8.11. The zero-order valence-electron chi connectivity index (χ0n) is 9.09. The van der Waals surface area contributed by atoms with Gasteiger partial charge in [0.2, 0.25) is 0 Å². The maximum absolute atomic E-state index is 11.0. The molecule has 0 unspecified atom stereocenters. The normalized spacial score (nSPS) is 22.7. The summed E-state index contributed by atoms with van der Waals surface area (Å²) in [4.78, 5) is 10.5. The topological polar surface area (TPSA) is 113 Å². The van der Waals surface area contributed by atoms with Crippen LogP contribution in [0.4, 0.5) is 17.1 Å². The number of aliphatic hydroxyl groups excluding tert-OH is 1. The summed E-state index contributed by atoms with van der Waals surface area (Å²) in [6, 6.07) is 4.93. The second-order valence-electron chi connectivity index (χ2n) is 4.07. The van der Waals surface area contributed by atoms with Gasteiger partial charge in [-0.1, -0.05) is 6.07 Å². The molecule has 1 aromatic carbocycles. The smallest absolute Gasteiger partial charge is 0.316 e. The number of hydrazine groups is 1. The lowest BCUT2D eigenvalue weighted by molar-refractivity contribution is -0.383. The van der Waals surface area contributed by atoms with Crippen LogP contribution in [0.5, 0.6) is 0 Å². The van der Waals surface area contributed by atoms with E-state index in [1.165, 1.54) is 0 Å². The Bertz CT molecular complexity index is 432. The lowest BCUT2D eigenvalue weighted by Crippen LogP contribution is -2.39. The Morgan fingerprint density at radius 2 is 2.06 bits per heavy atom. The number of nitro benzene ring substituents is 1. The Morgan fingerprint density at radius 3 is 2.59 bits per heavy atom. The fraction of sp³-hybridized carbons (Fsp3) is 0.400. The van der Waals surface area contributed by atoms with E-state index in [9.17, 15) is 10.1 Å². The minimum absolute atomic E-state index is 0.0728. The van der Waals surface area contributed by atoms with Gasteiger partial charge in [-0.25, -0.2) is 0 Å². The fourth-order valence-corrected chi connectivity index (χ4v) is 1.90. The van der Waals surface area contributed by atoms with Gasteiger partial charge < -0.3 is 15.8 Å². The van der Waals surface area contributed by atoms with Crippen molar-refractivity contribution in [1.29, 1.82) is 0 Å². The van der Waals surface area contributed by atoms with E-state index in [2.05, 4.69) is 10.7 Å². The minimum atomic E-state index is -0.480. The van der Waals surface area contributed by atoms with E-state index in [-0.39, 0.29) is 23.5 Å². The fourth-order valence-electron chi connectivity index (χ4n) is 1.90. The number of nitrogens with one attached hydrogen (secondary N) is 2. The number of nitro groups is 1. The van der Waals surface area contributed by atoms with Crippen LogP contribution in [0.15, 0.2) is 18.2 Å². The highest BCUT2D eigenvalue weighted by molar-refractivity contribution is 5.76. The Hall–Kier alpha value is -1.86. The molecule has 1 aliphatic rings. The number of para-hydroxylation sites is 1. The quantitative estimate of drug-likeness (QED) is 0.351. The van der Waals surface area contributed by atoms with E-state index in [0.717, 1.165) is 0 Å². The van der Waals surface area contributed by atoms with Crippen molar-refractivity contribution >= 4 is 17.1 Å². The molecule has 0 spiro atoms.